The van der Waals surface area contributed by atoms with Gasteiger partial charge in [0.15, 0.2) is 0 Å². The van der Waals surface area contributed by atoms with Crippen molar-refractivity contribution in [3.63, 3.8) is 0 Å². The predicted molar refractivity (Wildman–Crippen MR) is 89.4 cm³/mol. The third-order valence-corrected chi connectivity index (χ3v) is 4.23. The largest absolute Gasteiger partial charge is 0.496 e. The Bertz CT molecular complexity index is 504. The van der Waals surface area contributed by atoms with Gasteiger partial charge in [0, 0.05) is 19.2 Å². The number of ether oxygens (including phenoxy) is 2. The van der Waals surface area contributed by atoms with Gasteiger partial charge in [-0.15, -0.1) is 0 Å². The standard InChI is InChI=1S/C17H27N3O3/c1-22-12-14(18)17(21)19-11-15(20-9-5-6-10-20)13-7-3-4-8-16(13)23-2/h3-4,7-8,14-15H,5-6,9-12,18H2,1-2H3,(H,19,21). The summed E-state index contributed by atoms with van der Waals surface area (Å²) in [5.41, 5.74) is 6.88. The summed E-state index contributed by atoms with van der Waals surface area (Å²) in [6, 6.07) is 7.42. The molecular weight excluding hydrogens is 294 g/mol. The van der Waals surface area contributed by atoms with Crippen LogP contribution < -0.4 is 15.8 Å². The van der Waals surface area contributed by atoms with E-state index in [0.29, 0.717) is 6.54 Å². The van der Waals surface area contributed by atoms with Crippen molar-refractivity contribution in [3.05, 3.63) is 29.8 Å². The van der Waals surface area contributed by atoms with Crippen molar-refractivity contribution in [2.75, 3.05) is 40.5 Å². The van der Waals surface area contributed by atoms with Gasteiger partial charge in [0.05, 0.1) is 19.8 Å². The Morgan fingerprint density at radius 2 is 2.00 bits per heavy atom. The SMILES string of the molecule is COCC(N)C(=O)NCC(c1ccccc1OC)N1CCCC1. The number of para-hydroxylation sites is 1. The molecule has 23 heavy (non-hydrogen) atoms. The fourth-order valence-electron chi connectivity index (χ4n) is 3.01. The van der Waals surface area contributed by atoms with E-state index < -0.39 is 6.04 Å². The van der Waals surface area contributed by atoms with Crippen LogP contribution in [0.25, 0.3) is 0 Å². The number of likely N-dealkylation sites (tertiary alicyclic amines) is 1. The van der Waals surface area contributed by atoms with E-state index >= 15 is 0 Å². The zero-order chi connectivity index (χ0) is 16.7. The van der Waals surface area contributed by atoms with Crippen LogP contribution in [-0.2, 0) is 9.53 Å². The van der Waals surface area contributed by atoms with E-state index in [9.17, 15) is 4.79 Å². The second kappa shape index (κ2) is 8.86. The summed E-state index contributed by atoms with van der Waals surface area (Å²) >= 11 is 0. The van der Waals surface area contributed by atoms with Crippen molar-refractivity contribution < 1.29 is 14.3 Å². The molecule has 3 N–H and O–H groups in total. The maximum atomic E-state index is 12.1. The van der Waals surface area contributed by atoms with Gasteiger partial charge >= 0.3 is 0 Å². The van der Waals surface area contributed by atoms with Gasteiger partial charge in [-0.3, -0.25) is 9.69 Å². The summed E-state index contributed by atoms with van der Waals surface area (Å²) in [6.45, 7) is 2.79. The van der Waals surface area contributed by atoms with Crippen molar-refractivity contribution in [1.82, 2.24) is 10.2 Å². The van der Waals surface area contributed by atoms with E-state index in [2.05, 4.69) is 16.3 Å². The van der Waals surface area contributed by atoms with Crippen LogP contribution >= 0.6 is 0 Å². The second-order valence-corrected chi connectivity index (χ2v) is 5.81. The molecule has 6 heteroatoms. The van der Waals surface area contributed by atoms with Crippen LogP contribution in [-0.4, -0.2) is 57.3 Å². The van der Waals surface area contributed by atoms with E-state index in [0.717, 1.165) is 24.4 Å². The van der Waals surface area contributed by atoms with Gasteiger partial charge in [0.25, 0.3) is 0 Å². The van der Waals surface area contributed by atoms with E-state index in [4.69, 9.17) is 15.2 Å². The highest BCUT2D eigenvalue weighted by atomic mass is 16.5. The van der Waals surface area contributed by atoms with Crippen LogP contribution in [0.3, 0.4) is 0 Å². The molecule has 2 unspecified atom stereocenters. The number of hydrogen-bond acceptors (Lipinski definition) is 5. The van der Waals surface area contributed by atoms with Crippen LogP contribution in [0.1, 0.15) is 24.4 Å². The molecule has 6 nitrogen and oxygen atoms in total. The molecule has 0 saturated carbocycles. The summed E-state index contributed by atoms with van der Waals surface area (Å²) in [5, 5.41) is 2.95. The van der Waals surface area contributed by atoms with E-state index in [1.165, 1.54) is 20.0 Å². The minimum Gasteiger partial charge on any atom is -0.496 e. The fourth-order valence-corrected chi connectivity index (χ4v) is 3.01. The Morgan fingerprint density at radius 1 is 1.30 bits per heavy atom. The fraction of sp³-hybridized carbons (Fsp3) is 0.588. The molecule has 1 saturated heterocycles. The number of benzene rings is 1. The number of nitrogens with one attached hydrogen (secondary N) is 1. The molecule has 1 aromatic carbocycles. The van der Waals surface area contributed by atoms with Crippen molar-refractivity contribution in [2.45, 2.75) is 24.9 Å². The van der Waals surface area contributed by atoms with Gasteiger partial charge in [-0.25, -0.2) is 0 Å². The zero-order valence-electron chi connectivity index (χ0n) is 14.0. The van der Waals surface area contributed by atoms with E-state index in [1.54, 1.807) is 7.11 Å². The topological polar surface area (TPSA) is 76.8 Å². The maximum absolute atomic E-state index is 12.1. The highest BCUT2D eigenvalue weighted by Gasteiger charge is 2.26. The summed E-state index contributed by atoms with van der Waals surface area (Å²) in [5.74, 6) is 0.658. The molecule has 1 fully saturated rings. The highest BCUT2D eigenvalue weighted by Crippen LogP contribution is 2.31. The first kappa shape index (κ1) is 17.7. The third kappa shape index (κ3) is 4.67. The molecular formula is C17H27N3O3. The molecule has 1 aliphatic rings. The second-order valence-electron chi connectivity index (χ2n) is 5.81. The molecule has 128 valence electrons. The lowest BCUT2D eigenvalue weighted by atomic mass is 10.0. The lowest BCUT2D eigenvalue weighted by Gasteiger charge is -2.29. The Balaban J connectivity index is 2.10. The molecule has 0 bridgehead atoms. The molecule has 2 rings (SSSR count). The Morgan fingerprint density at radius 3 is 2.65 bits per heavy atom. The number of carbonyl (C=O) groups is 1. The molecule has 1 heterocycles. The minimum absolute atomic E-state index is 0.0901. The minimum atomic E-state index is -0.642. The lowest BCUT2D eigenvalue weighted by molar-refractivity contribution is -0.123. The first-order chi connectivity index (χ1) is 11.2. The number of rotatable bonds is 8. The monoisotopic (exact) mass is 321 g/mol. The molecule has 0 radical (unpaired) electrons. The van der Waals surface area contributed by atoms with Crippen molar-refractivity contribution in [2.24, 2.45) is 5.73 Å². The van der Waals surface area contributed by atoms with Crippen LogP contribution in [0.4, 0.5) is 0 Å². The first-order valence-electron chi connectivity index (χ1n) is 8.06. The average Bonchev–Trinajstić information content (AvgIpc) is 3.09. The van der Waals surface area contributed by atoms with E-state index in [1.807, 2.05) is 18.2 Å². The highest BCUT2D eigenvalue weighted by molar-refractivity contribution is 5.81. The molecule has 1 aliphatic heterocycles. The quantitative estimate of drug-likeness (QED) is 0.745. The van der Waals surface area contributed by atoms with Crippen LogP contribution in [0, 0.1) is 0 Å². The third-order valence-electron chi connectivity index (χ3n) is 4.23. The average molecular weight is 321 g/mol. The number of nitrogens with two attached hydrogens (primary N) is 1. The normalized spacial score (nSPS) is 17.7. The summed E-state index contributed by atoms with van der Waals surface area (Å²) < 4.78 is 10.4. The molecule has 1 amide bonds. The van der Waals surface area contributed by atoms with Crippen molar-refractivity contribution >= 4 is 5.91 Å². The maximum Gasteiger partial charge on any atom is 0.239 e. The Labute approximate surface area is 137 Å². The van der Waals surface area contributed by atoms with Gasteiger partial charge in [-0.05, 0) is 32.0 Å². The summed E-state index contributed by atoms with van der Waals surface area (Å²) in [4.78, 5) is 14.5. The van der Waals surface area contributed by atoms with Crippen LogP contribution in [0.15, 0.2) is 24.3 Å². The summed E-state index contributed by atoms with van der Waals surface area (Å²) in [7, 11) is 3.21. The first-order valence-corrected chi connectivity index (χ1v) is 8.06. The van der Waals surface area contributed by atoms with E-state index in [-0.39, 0.29) is 18.6 Å². The molecule has 0 aromatic heterocycles. The smallest absolute Gasteiger partial charge is 0.239 e. The number of methoxy groups -OCH3 is 2. The lowest BCUT2D eigenvalue weighted by Crippen LogP contribution is -2.46. The Kier molecular flexibility index (Phi) is 6.83. The molecule has 1 aromatic rings. The van der Waals surface area contributed by atoms with Gasteiger partial charge in [0.2, 0.25) is 5.91 Å². The number of carbonyl (C=O) groups excluding carboxylic acids is 1. The number of amides is 1. The van der Waals surface area contributed by atoms with Gasteiger partial charge in [-0.2, -0.15) is 0 Å². The number of nitrogens with zero attached hydrogens (tertiary/aromatic N) is 1. The van der Waals surface area contributed by atoms with Crippen molar-refractivity contribution in [1.29, 1.82) is 0 Å². The molecule has 2 atom stereocenters. The van der Waals surface area contributed by atoms with Crippen LogP contribution in [0.5, 0.6) is 5.75 Å². The van der Waals surface area contributed by atoms with Crippen LogP contribution in [0.2, 0.25) is 0 Å². The van der Waals surface area contributed by atoms with Gasteiger partial charge < -0.3 is 20.5 Å². The zero-order valence-corrected chi connectivity index (χ0v) is 14.0. The summed E-state index contributed by atoms with van der Waals surface area (Å²) in [6.07, 6.45) is 2.37. The number of hydrogen-bond donors (Lipinski definition) is 2. The van der Waals surface area contributed by atoms with Gasteiger partial charge in [0.1, 0.15) is 11.8 Å². The molecule has 0 aliphatic carbocycles. The molecule has 0 spiro atoms. The Hall–Kier alpha value is -1.63. The predicted octanol–water partition coefficient (Wildman–Crippen LogP) is 0.922. The van der Waals surface area contributed by atoms with Crippen molar-refractivity contribution in [3.8, 4) is 5.75 Å². The van der Waals surface area contributed by atoms with Gasteiger partial charge in [-0.1, -0.05) is 18.2 Å².